The first-order valence-electron chi connectivity index (χ1n) is 18.3. The molecule has 39 heavy (non-hydrogen) atoms. The Bertz CT molecular complexity index is 604. The van der Waals surface area contributed by atoms with Gasteiger partial charge >= 0.3 is 0 Å². The summed E-state index contributed by atoms with van der Waals surface area (Å²) in [5, 5.41) is 0. The van der Waals surface area contributed by atoms with Crippen molar-refractivity contribution in [2.75, 3.05) is 0 Å². The number of imidazole rings is 1. The highest BCUT2D eigenvalue weighted by molar-refractivity contribution is 4.90. The first-order chi connectivity index (χ1) is 19.2. The zero-order valence-electron chi connectivity index (χ0n) is 27.6. The number of nitrogens with zero attached hydrogens (tertiary/aromatic N) is 1. The van der Waals surface area contributed by atoms with Crippen molar-refractivity contribution < 1.29 is 4.57 Å². The van der Waals surface area contributed by atoms with E-state index in [1.165, 1.54) is 186 Å². The van der Waals surface area contributed by atoms with Gasteiger partial charge in [0.15, 0.2) is 0 Å². The molecule has 1 aromatic heterocycles. The van der Waals surface area contributed by atoms with Crippen molar-refractivity contribution in [1.82, 2.24) is 4.98 Å². The minimum atomic E-state index is 0.548. The van der Waals surface area contributed by atoms with Gasteiger partial charge in [0.25, 0.3) is 5.82 Å². The van der Waals surface area contributed by atoms with Gasteiger partial charge in [-0.2, -0.15) is 0 Å². The number of nitrogens with one attached hydrogen (secondary N) is 1. The number of aromatic amines is 1. The summed E-state index contributed by atoms with van der Waals surface area (Å²) in [6.07, 6.45) is 44.7. The van der Waals surface area contributed by atoms with Crippen LogP contribution >= 0.6 is 0 Å². The van der Waals surface area contributed by atoms with Crippen molar-refractivity contribution in [3.05, 3.63) is 18.2 Å². The summed E-state index contributed by atoms with van der Waals surface area (Å²) in [5.74, 6) is 2.20. The van der Waals surface area contributed by atoms with E-state index >= 15 is 0 Å². The summed E-state index contributed by atoms with van der Waals surface area (Å²) in [4.78, 5) is 3.64. The molecule has 1 atom stereocenters. The topological polar surface area (TPSA) is 19.7 Å². The van der Waals surface area contributed by atoms with Crippen LogP contribution in [0.1, 0.15) is 225 Å². The van der Waals surface area contributed by atoms with Gasteiger partial charge in [-0.05, 0) is 26.7 Å². The molecule has 0 aliphatic carbocycles. The van der Waals surface area contributed by atoms with E-state index in [1.807, 2.05) is 0 Å². The van der Waals surface area contributed by atoms with E-state index in [-0.39, 0.29) is 0 Å². The average Bonchev–Trinajstić information content (AvgIpc) is 3.43. The Morgan fingerprint density at radius 3 is 1.10 bits per heavy atom. The van der Waals surface area contributed by atoms with Crippen LogP contribution in [0.5, 0.6) is 0 Å². The molecular formula is C37H73N2+. The molecule has 0 aromatic carbocycles. The van der Waals surface area contributed by atoms with Crippen molar-refractivity contribution >= 4 is 0 Å². The Labute approximate surface area is 246 Å². The van der Waals surface area contributed by atoms with Crippen LogP contribution in [-0.4, -0.2) is 4.98 Å². The Hall–Kier alpha value is -0.790. The number of unbranched alkanes of at least 4 members (excludes halogenated alkanes) is 24. The van der Waals surface area contributed by atoms with Crippen LogP contribution in [0.3, 0.4) is 0 Å². The fourth-order valence-corrected chi connectivity index (χ4v) is 6.37. The fourth-order valence-electron chi connectivity index (χ4n) is 6.37. The van der Waals surface area contributed by atoms with Crippen molar-refractivity contribution in [2.24, 2.45) is 0 Å². The maximum Gasteiger partial charge on any atom is 0.257 e. The highest BCUT2D eigenvalue weighted by atomic mass is 15.1. The molecule has 230 valence electrons. The molecule has 0 amide bonds. The van der Waals surface area contributed by atoms with Gasteiger partial charge in [-0.25, -0.2) is 9.55 Å². The summed E-state index contributed by atoms with van der Waals surface area (Å²) < 4.78 is 2.50. The van der Waals surface area contributed by atoms with Crippen LogP contribution in [0.25, 0.3) is 0 Å². The van der Waals surface area contributed by atoms with E-state index in [0.717, 1.165) is 0 Å². The number of rotatable bonds is 30. The van der Waals surface area contributed by atoms with Crippen molar-refractivity contribution in [1.29, 1.82) is 0 Å². The number of H-pyrrole nitrogens is 1. The summed E-state index contributed by atoms with van der Waals surface area (Å²) in [5.41, 5.74) is 0. The van der Waals surface area contributed by atoms with Gasteiger partial charge in [0.2, 0.25) is 0 Å². The van der Waals surface area contributed by atoms with Crippen LogP contribution in [0, 0.1) is 0 Å². The second kappa shape index (κ2) is 27.4. The van der Waals surface area contributed by atoms with Crippen LogP contribution < -0.4 is 4.57 Å². The van der Waals surface area contributed by atoms with Gasteiger partial charge in [-0.15, -0.1) is 0 Å². The zero-order chi connectivity index (χ0) is 28.2. The molecule has 1 rings (SSSR count). The third kappa shape index (κ3) is 20.7. The van der Waals surface area contributed by atoms with Gasteiger partial charge in [0, 0.05) is 0 Å². The SMILES string of the molecule is CCCCCCCCCCCCCCCC[C@H](CCCCCCCCCCCCCC)c1[nH]cc[n+]1C(C)C. The molecule has 0 spiro atoms. The minimum absolute atomic E-state index is 0.548. The van der Waals surface area contributed by atoms with E-state index < -0.39 is 0 Å². The Morgan fingerprint density at radius 2 is 0.795 bits per heavy atom. The summed E-state index contributed by atoms with van der Waals surface area (Å²) >= 11 is 0. The highest BCUT2D eigenvalue weighted by Crippen LogP contribution is 2.27. The van der Waals surface area contributed by atoms with E-state index in [0.29, 0.717) is 12.0 Å². The lowest BCUT2D eigenvalue weighted by atomic mass is 9.93. The largest absolute Gasteiger partial charge is 0.257 e. The van der Waals surface area contributed by atoms with Crippen molar-refractivity contribution in [3.8, 4) is 0 Å². The van der Waals surface area contributed by atoms with Gasteiger partial charge < -0.3 is 0 Å². The molecule has 1 aromatic rings. The molecule has 0 aliphatic heterocycles. The third-order valence-corrected chi connectivity index (χ3v) is 9.00. The lowest BCUT2D eigenvalue weighted by molar-refractivity contribution is -0.723. The summed E-state index contributed by atoms with van der Waals surface area (Å²) in [6.45, 7) is 9.26. The Kier molecular flexibility index (Phi) is 25.4. The second-order valence-electron chi connectivity index (χ2n) is 13.1. The van der Waals surface area contributed by atoms with Crippen molar-refractivity contribution in [3.63, 3.8) is 0 Å². The summed E-state index contributed by atoms with van der Waals surface area (Å²) in [6, 6.07) is 0.548. The molecular weight excluding hydrogens is 472 g/mol. The monoisotopic (exact) mass is 546 g/mol. The average molecular weight is 546 g/mol. The van der Waals surface area contributed by atoms with Crippen LogP contribution in [-0.2, 0) is 0 Å². The van der Waals surface area contributed by atoms with Crippen LogP contribution in [0.15, 0.2) is 12.4 Å². The maximum atomic E-state index is 3.64. The van der Waals surface area contributed by atoms with Gasteiger partial charge in [0.1, 0.15) is 12.4 Å². The number of hydrogen-bond acceptors (Lipinski definition) is 0. The molecule has 0 unspecified atom stereocenters. The molecule has 0 saturated carbocycles. The maximum absolute atomic E-state index is 3.64. The third-order valence-electron chi connectivity index (χ3n) is 9.00. The van der Waals surface area contributed by atoms with Gasteiger partial charge in [-0.1, -0.05) is 181 Å². The quantitative estimate of drug-likeness (QED) is 0.0732. The second-order valence-corrected chi connectivity index (χ2v) is 13.1. The van der Waals surface area contributed by atoms with Crippen molar-refractivity contribution in [2.45, 2.75) is 219 Å². The molecule has 0 aliphatic rings. The predicted octanol–water partition coefficient (Wildman–Crippen LogP) is 12.9. The molecule has 2 heteroatoms. The fraction of sp³-hybridized carbons (Fsp3) is 0.919. The first kappa shape index (κ1) is 36.2. The predicted molar refractivity (Wildman–Crippen MR) is 175 cm³/mol. The number of hydrogen-bond donors (Lipinski definition) is 1. The minimum Gasteiger partial charge on any atom is -0.247 e. The lowest BCUT2D eigenvalue weighted by Crippen LogP contribution is -2.39. The van der Waals surface area contributed by atoms with Crippen LogP contribution in [0.4, 0.5) is 0 Å². The molecule has 0 fully saturated rings. The van der Waals surface area contributed by atoms with E-state index in [2.05, 4.69) is 49.6 Å². The first-order valence-corrected chi connectivity index (χ1v) is 18.3. The Balaban J connectivity index is 2.14. The Morgan fingerprint density at radius 1 is 0.487 bits per heavy atom. The molecule has 1 heterocycles. The van der Waals surface area contributed by atoms with Gasteiger partial charge in [0.05, 0.1) is 12.0 Å². The lowest BCUT2D eigenvalue weighted by Gasteiger charge is -2.15. The van der Waals surface area contributed by atoms with E-state index in [1.54, 1.807) is 0 Å². The molecule has 0 radical (unpaired) electrons. The highest BCUT2D eigenvalue weighted by Gasteiger charge is 2.23. The zero-order valence-corrected chi connectivity index (χ0v) is 27.6. The smallest absolute Gasteiger partial charge is 0.247 e. The normalized spacial score (nSPS) is 12.5. The van der Waals surface area contributed by atoms with E-state index in [9.17, 15) is 0 Å². The molecule has 1 N–H and O–H groups in total. The van der Waals surface area contributed by atoms with Gasteiger partial charge in [-0.3, -0.25) is 0 Å². The molecule has 2 nitrogen and oxygen atoms in total. The van der Waals surface area contributed by atoms with Crippen LogP contribution in [0.2, 0.25) is 0 Å². The van der Waals surface area contributed by atoms with E-state index in [4.69, 9.17) is 0 Å². The molecule has 0 saturated heterocycles. The standard InChI is InChI=1S/C37H72N2/c1-5-7-9-11-13-15-17-19-20-22-24-26-28-30-32-36(37-38-33-34-39(37)35(3)4)31-29-27-25-23-21-18-16-14-12-10-8-6-2/h33-36H,5-32H2,1-4H3/p+1/t36-/m0/s1. The number of aromatic nitrogens is 2. The molecule has 0 bridgehead atoms. The summed E-state index contributed by atoms with van der Waals surface area (Å²) in [7, 11) is 0.